The zero-order valence-electron chi connectivity index (χ0n) is 10.9. The molecule has 2 fully saturated rings. The third kappa shape index (κ3) is 3.20. The van der Waals surface area contributed by atoms with Crippen LogP contribution < -0.4 is 5.32 Å². The molecule has 6 nitrogen and oxygen atoms in total. The van der Waals surface area contributed by atoms with Crippen molar-refractivity contribution >= 4 is 0 Å². The highest BCUT2D eigenvalue weighted by Gasteiger charge is 2.37. The predicted octanol–water partition coefficient (Wildman–Crippen LogP) is -1.58. The van der Waals surface area contributed by atoms with E-state index in [1.54, 1.807) is 0 Å². The number of aliphatic hydroxyl groups excluding tert-OH is 2. The van der Waals surface area contributed by atoms with E-state index in [0.717, 1.165) is 13.1 Å². The van der Waals surface area contributed by atoms with Gasteiger partial charge in [-0.1, -0.05) is 6.92 Å². The first-order valence-electron chi connectivity index (χ1n) is 6.73. The maximum atomic E-state index is 10.3. The minimum absolute atomic E-state index is 0.137. The highest BCUT2D eigenvalue weighted by atomic mass is 16.5. The van der Waals surface area contributed by atoms with Crippen molar-refractivity contribution < 1.29 is 19.7 Å². The molecule has 0 aromatic rings. The average Bonchev–Trinajstić information content (AvgIpc) is 2.46. The zero-order valence-corrected chi connectivity index (χ0v) is 10.9. The standard InChI is InChI=1S/C12H24N2O4/c1-2-14-4-6-18-8-10(14)12(16)11(15)9-7-17-5-3-13-9/h9-13,15-16H,2-8H2,1H3. The summed E-state index contributed by atoms with van der Waals surface area (Å²) >= 11 is 0. The molecule has 0 aromatic heterocycles. The molecule has 0 aromatic carbocycles. The quantitative estimate of drug-likeness (QED) is 0.566. The van der Waals surface area contributed by atoms with E-state index in [1.165, 1.54) is 0 Å². The van der Waals surface area contributed by atoms with Gasteiger partial charge in [-0.05, 0) is 6.54 Å². The van der Waals surface area contributed by atoms with E-state index in [1.807, 2.05) is 0 Å². The molecule has 4 atom stereocenters. The normalized spacial score (nSPS) is 34.2. The minimum atomic E-state index is -0.828. The molecular formula is C12H24N2O4. The molecule has 18 heavy (non-hydrogen) atoms. The van der Waals surface area contributed by atoms with E-state index in [0.29, 0.717) is 33.0 Å². The summed E-state index contributed by atoms with van der Waals surface area (Å²) in [6.45, 7) is 6.70. The molecule has 0 radical (unpaired) electrons. The van der Waals surface area contributed by atoms with Crippen molar-refractivity contribution in [2.24, 2.45) is 0 Å². The van der Waals surface area contributed by atoms with Gasteiger partial charge >= 0.3 is 0 Å². The molecule has 3 N–H and O–H groups in total. The van der Waals surface area contributed by atoms with Gasteiger partial charge in [0.25, 0.3) is 0 Å². The molecule has 106 valence electrons. The monoisotopic (exact) mass is 260 g/mol. The lowest BCUT2D eigenvalue weighted by Gasteiger charge is -2.41. The van der Waals surface area contributed by atoms with Crippen molar-refractivity contribution in [2.45, 2.75) is 31.2 Å². The van der Waals surface area contributed by atoms with Gasteiger partial charge in [-0.2, -0.15) is 0 Å². The lowest BCUT2D eigenvalue weighted by atomic mass is 9.97. The van der Waals surface area contributed by atoms with Crippen LogP contribution in [0.3, 0.4) is 0 Å². The maximum absolute atomic E-state index is 10.3. The molecule has 0 bridgehead atoms. The van der Waals surface area contributed by atoms with Crippen LogP contribution in [0.4, 0.5) is 0 Å². The molecular weight excluding hydrogens is 236 g/mol. The summed E-state index contributed by atoms with van der Waals surface area (Å²) in [6, 6.07) is -0.336. The van der Waals surface area contributed by atoms with Crippen molar-refractivity contribution in [3.8, 4) is 0 Å². The zero-order chi connectivity index (χ0) is 13.0. The Balaban J connectivity index is 1.93. The number of likely N-dealkylation sites (N-methyl/N-ethyl adjacent to an activating group) is 1. The fraction of sp³-hybridized carbons (Fsp3) is 1.00. The third-order valence-corrected chi connectivity index (χ3v) is 3.79. The van der Waals surface area contributed by atoms with Crippen molar-refractivity contribution in [2.75, 3.05) is 46.1 Å². The largest absolute Gasteiger partial charge is 0.389 e. The number of nitrogens with zero attached hydrogens (tertiary/aromatic N) is 1. The Bertz CT molecular complexity index is 248. The van der Waals surface area contributed by atoms with E-state index in [-0.39, 0.29) is 12.1 Å². The van der Waals surface area contributed by atoms with Crippen molar-refractivity contribution in [1.82, 2.24) is 10.2 Å². The number of aliphatic hydroxyl groups is 2. The second-order valence-corrected chi connectivity index (χ2v) is 4.89. The Kier molecular flexibility index (Phi) is 5.35. The Morgan fingerprint density at radius 1 is 1.22 bits per heavy atom. The second kappa shape index (κ2) is 6.79. The summed E-state index contributed by atoms with van der Waals surface area (Å²) in [5, 5.41) is 23.7. The van der Waals surface area contributed by atoms with E-state index >= 15 is 0 Å². The Morgan fingerprint density at radius 3 is 2.67 bits per heavy atom. The van der Waals surface area contributed by atoms with Crippen LogP contribution in [0.2, 0.25) is 0 Å². The summed E-state index contributed by atoms with van der Waals surface area (Å²) in [4.78, 5) is 2.15. The summed E-state index contributed by atoms with van der Waals surface area (Å²) in [6.07, 6.45) is -1.64. The Morgan fingerprint density at radius 2 is 2.00 bits per heavy atom. The molecule has 0 spiro atoms. The molecule has 2 aliphatic heterocycles. The van der Waals surface area contributed by atoms with Gasteiger partial charge in [-0.25, -0.2) is 0 Å². The highest BCUT2D eigenvalue weighted by molar-refractivity contribution is 4.91. The summed E-state index contributed by atoms with van der Waals surface area (Å²) in [5.74, 6) is 0. The molecule has 0 aliphatic carbocycles. The van der Waals surface area contributed by atoms with E-state index in [4.69, 9.17) is 9.47 Å². The fourth-order valence-corrected chi connectivity index (χ4v) is 2.63. The first-order chi connectivity index (χ1) is 8.74. The topological polar surface area (TPSA) is 74.2 Å². The molecule has 0 amide bonds. The molecule has 2 rings (SSSR count). The van der Waals surface area contributed by atoms with Crippen LogP contribution >= 0.6 is 0 Å². The Hall–Kier alpha value is -0.240. The molecule has 2 heterocycles. The number of nitrogens with one attached hydrogen (secondary N) is 1. The van der Waals surface area contributed by atoms with Crippen LogP contribution in [0.1, 0.15) is 6.92 Å². The number of morpholine rings is 2. The van der Waals surface area contributed by atoms with Crippen LogP contribution in [-0.4, -0.2) is 85.5 Å². The van der Waals surface area contributed by atoms with Gasteiger partial charge in [-0.3, -0.25) is 4.90 Å². The minimum Gasteiger partial charge on any atom is -0.389 e. The molecule has 2 aliphatic rings. The SMILES string of the molecule is CCN1CCOCC1C(O)C(O)C1COCCN1. The number of hydrogen-bond acceptors (Lipinski definition) is 6. The molecule has 4 unspecified atom stereocenters. The summed E-state index contributed by atoms with van der Waals surface area (Å²) < 4.78 is 10.7. The summed E-state index contributed by atoms with van der Waals surface area (Å²) in [7, 11) is 0. The van der Waals surface area contributed by atoms with Gasteiger partial charge in [0.2, 0.25) is 0 Å². The highest BCUT2D eigenvalue weighted by Crippen LogP contribution is 2.16. The van der Waals surface area contributed by atoms with Crippen LogP contribution in [0, 0.1) is 0 Å². The Labute approximate surface area is 108 Å². The van der Waals surface area contributed by atoms with Crippen LogP contribution in [0.15, 0.2) is 0 Å². The lowest BCUT2D eigenvalue weighted by Crippen LogP contribution is -2.60. The van der Waals surface area contributed by atoms with Gasteiger partial charge in [0, 0.05) is 13.1 Å². The summed E-state index contributed by atoms with van der Waals surface area (Å²) in [5.41, 5.74) is 0. The van der Waals surface area contributed by atoms with Gasteiger partial charge in [0.05, 0.1) is 50.7 Å². The average molecular weight is 260 g/mol. The van der Waals surface area contributed by atoms with Crippen LogP contribution in [0.5, 0.6) is 0 Å². The van der Waals surface area contributed by atoms with E-state index < -0.39 is 12.2 Å². The number of ether oxygens (including phenoxy) is 2. The second-order valence-electron chi connectivity index (χ2n) is 4.89. The number of rotatable bonds is 4. The molecule has 0 saturated carbocycles. The number of hydrogen-bond donors (Lipinski definition) is 3. The smallest absolute Gasteiger partial charge is 0.0992 e. The fourth-order valence-electron chi connectivity index (χ4n) is 2.63. The van der Waals surface area contributed by atoms with Crippen LogP contribution in [0.25, 0.3) is 0 Å². The first-order valence-corrected chi connectivity index (χ1v) is 6.73. The van der Waals surface area contributed by atoms with Gasteiger partial charge < -0.3 is 25.0 Å². The van der Waals surface area contributed by atoms with Crippen molar-refractivity contribution in [3.63, 3.8) is 0 Å². The van der Waals surface area contributed by atoms with E-state index in [9.17, 15) is 10.2 Å². The molecule has 2 saturated heterocycles. The van der Waals surface area contributed by atoms with Crippen molar-refractivity contribution in [3.05, 3.63) is 0 Å². The van der Waals surface area contributed by atoms with Gasteiger partial charge in [0.15, 0.2) is 0 Å². The predicted molar refractivity (Wildman–Crippen MR) is 66.5 cm³/mol. The van der Waals surface area contributed by atoms with Crippen molar-refractivity contribution in [1.29, 1.82) is 0 Å². The maximum Gasteiger partial charge on any atom is 0.0992 e. The van der Waals surface area contributed by atoms with Crippen LogP contribution in [-0.2, 0) is 9.47 Å². The van der Waals surface area contributed by atoms with Gasteiger partial charge in [0.1, 0.15) is 0 Å². The van der Waals surface area contributed by atoms with E-state index in [2.05, 4.69) is 17.1 Å². The first kappa shape index (κ1) is 14.2. The van der Waals surface area contributed by atoms with Gasteiger partial charge in [-0.15, -0.1) is 0 Å². The molecule has 6 heteroatoms. The lowest BCUT2D eigenvalue weighted by molar-refractivity contribution is -0.111. The third-order valence-electron chi connectivity index (χ3n) is 3.79.